The van der Waals surface area contributed by atoms with E-state index in [-0.39, 0.29) is 6.10 Å². The Balaban J connectivity index is 2.24. The molecule has 2 amide bonds. The van der Waals surface area contributed by atoms with Crippen molar-refractivity contribution in [3.63, 3.8) is 0 Å². The Morgan fingerprint density at radius 1 is 1.50 bits per heavy atom. The molecule has 6 heteroatoms. The third-order valence-electron chi connectivity index (χ3n) is 2.96. The number of carboxylic acids is 1. The largest absolute Gasteiger partial charge is 0.480 e. The van der Waals surface area contributed by atoms with E-state index in [0.717, 1.165) is 32.3 Å². The fourth-order valence-electron chi connectivity index (χ4n) is 1.89. The fraction of sp³-hybridized carbons (Fsp3) is 0.833. The molecule has 2 atom stereocenters. The van der Waals surface area contributed by atoms with Crippen LogP contribution in [0.4, 0.5) is 4.79 Å². The predicted molar refractivity (Wildman–Crippen MR) is 66.5 cm³/mol. The number of urea groups is 1. The van der Waals surface area contributed by atoms with Crippen molar-refractivity contribution in [3.8, 4) is 0 Å². The Bertz CT molecular complexity index is 277. The lowest BCUT2D eigenvalue weighted by Gasteiger charge is -2.16. The van der Waals surface area contributed by atoms with E-state index in [1.165, 1.54) is 0 Å². The van der Waals surface area contributed by atoms with Crippen molar-refractivity contribution in [1.29, 1.82) is 0 Å². The number of amides is 2. The molecule has 1 fully saturated rings. The zero-order valence-corrected chi connectivity index (χ0v) is 10.8. The lowest BCUT2D eigenvalue weighted by Crippen LogP contribution is -2.47. The Kier molecular flexibility index (Phi) is 6.49. The number of carbonyl (C=O) groups is 2. The van der Waals surface area contributed by atoms with Gasteiger partial charge in [0.1, 0.15) is 6.04 Å². The summed E-state index contributed by atoms with van der Waals surface area (Å²) in [6, 6.07) is -1.25. The summed E-state index contributed by atoms with van der Waals surface area (Å²) in [6.45, 7) is 3.16. The van der Waals surface area contributed by atoms with E-state index in [9.17, 15) is 9.59 Å². The highest BCUT2D eigenvalue weighted by Gasteiger charge is 2.20. The van der Waals surface area contributed by atoms with Gasteiger partial charge in [-0.3, -0.25) is 0 Å². The number of ether oxygens (including phenoxy) is 1. The summed E-state index contributed by atoms with van der Waals surface area (Å²) in [6.07, 6.45) is 4.17. The van der Waals surface area contributed by atoms with Gasteiger partial charge in [0.05, 0.1) is 6.10 Å². The molecule has 0 bridgehead atoms. The first-order valence-electron chi connectivity index (χ1n) is 6.52. The van der Waals surface area contributed by atoms with Crippen LogP contribution in [-0.4, -0.2) is 42.4 Å². The lowest BCUT2D eigenvalue weighted by atomic mass is 10.1. The van der Waals surface area contributed by atoms with Gasteiger partial charge in [-0.05, 0) is 19.3 Å². The summed E-state index contributed by atoms with van der Waals surface area (Å²) in [5.74, 6) is -0.990. The molecular formula is C12H22N2O4. The first-order chi connectivity index (χ1) is 8.63. The van der Waals surface area contributed by atoms with Gasteiger partial charge in [0, 0.05) is 13.2 Å². The van der Waals surface area contributed by atoms with Gasteiger partial charge in [-0.1, -0.05) is 19.8 Å². The Labute approximate surface area is 107 Å². The number of nitrogens with one attached hydrogen (secondary N) is 2. The van der Waals surface area contributed by atoms with E-state index in [4.69, 9.17) is 9.84 Å². The Morgan fingerprint density at radius 2 is 2.28 bits per heavy atom. The van der Waals surface area contributed by atoms with Crippen LogP contribution in [0.5, 0.6) is 0 Å². The van der Waals surface area contributed by atoms with Crippen molar-refractivity contribution in [1.82, 2.24) is 10.6 Å². The summed E-state index contributed by atoms with van der Waals surface area (Å²) in [5, 5.41) is 14.1. The second-order valence-corrected chi connectivity index (χ2v) is 4.52. The van der Waals surface area contributed by atoms with Crippen molar-refractivity contribution in [2.75, 3.05) is 13.2 Å². The molecule has 0 saturated carbocycles. The maximum Gasteiger partial charge on any atom is 0.326 e. The van der Waals surface area contributed by atoms with Crippen LogP contribution in [0.25, 0.3) is 0 Å². The number of carbonyl (C=O) groups excluding carboxylic acids is 1. The summed E-state index contributed by atoms with van der Waals surface area (Å²) < 4.78 is 5.36. The van der Waals surface area contributed by atoms with Gasteiger partial charge in [-0.15, -0.1) is 0 Å². The highest BCUT2D eigenvalue weighted by atomic mass is 16.5. The van der Waals surface area contributed by atoms with Gasteiger partial charge in [0.15, 0.2) is 0 Å². The molecule has 104 valence electrons. The normalized spacial score (nSPS) is 20.4. The van der Waals surface area contributed by atoms with E-state index >= 15 is 0 Å². The molecule has 0 aromatic carbocycles. The molecule has 0 radical (unpaired) electrons. The third kappa shape index (κ3) is 5.35. The molecule has 6 nitrogen and oxygen atoms in total. The van der Waals surface area contributed by atoms with Gasteiger partial charge in [0.25, 0.3) is 0 Å². The highest BCUT2D eigenvalue weighted by Crippen LogP contribution is 2.10. The standard InChI is InChI=1S/C12H22N2O4/c1-2-3-6-10(11(15)16)14-12(17)13-8-9-5-4-7-18-9/h9-10H,2-8H2,1H3,(H,15,16)(H2,13,14,17)/t9?,10-/m0/s1. The topological polar surface area (TPSA) is 87.7 Å². The Hall–Kier alpha value is -1.30. The van der Waals surface area contributed by atoms with Crippen LogP contribution in [0.2, 0.25) is 0 Å². The van der Waals surface area contributed by atoms with Crippen LogP contribution in [-0.2, 0) is 9.53 Å². The van der Waals surface area contributed by atoms with E-state index in [1.54, 1.807) is 0 Å². The Morgan fingerprint density at radius 3 is 2.83 bits per heavy atom. The van der Waals surface area contributed by atoms with Gasteiger partial charge in [-0.25, -0.2) is 9.59 Å². The number of carboxylic acid groups (broad SMARTS) is 1. The molecule has 1 rings (SSSR count). The van der Waals surface area contributed by atoms with Gasteiger partial charge in [-0.2, -0.15) is 0 Å². The first kappa shape index (κ1) is 14.8. The summed E-state index contributed by atoms with van der Waals surface area (Å²) in [5.41, 5.74) is 0. The van der Waals surface area contributed by atoms with E-state index in [0.29, 0.717) is 13.0 Å². The van der Waals surface area contributed by atoms with E-state index in [1.807, 2.05) is 6.92 Å². The molecule has 1 aliphatic rings. The zero-order valence-electron chi connectivity index (χ0n) is 10.8. The summed E-state index contributed by atoms with van der Waals surface area (Å²) >= 11 is 0. The van der Waals surface area contributed by atoms with Crippen molar-refractivity contribution in [2.45, 2.75) is 51.2 Å². The minimum absolute atomic E-state index is 0.0645. The molecule has 0 spiro atoms. The van der Waals surface area contributed by atoms with Gasteiger partial charge < -0.3 is 20.5 Å². The first-order valence-corrected chi connectivity index (χ1v) is 6.52. The number of hydrogen-bond donors (Lipinski definition) is 3. The predicted octanol–water partition coefficient (Wildman–Crippen LogP) is 1.11. The number of rotatable bonds is 7. The summed E-state index contributed by atoms with van der Waals surface area (Å²) in [7, 11) is 0. The maximum atomic E-state index is 11.5. The average molecular weight is 258 g/mol. The zero-order chi connectivity index (χ0) is 13.4. The van der Waals surface area contributed by atoms with Crippen molar-refractivity contribution in [3.05, 3.63) is 0 Å². The third-order valence-corrected chi connectivity index (χ3v) is 2.96. The molecule has 1 heterocycles. The van der Waals surface area contributed by atoms with Gasteiger partial charge >= 0.3 is 12.0 Å². The highest BCUT2D eigenvalue weighted by molar-refractivity contribution is 5.82. The monoisotopic (exact) mass is 258 g/mol. The molecule has 1 aliphatic heterocycles. The molecule has 3 N–H and O–H groups in total. The molecule has 0 aromatic heterocycles. The quantitative estimate of drug-likeness (QED) is 0.638. The SMILES string of the molecule is CCCC[C@H](NC(=O)NCC1CCCO1)C(=O)O. The average Bonchev–Trinajstić information content (AvgIpc) is 2.84. The van der Waals surface area contributed by atoms with Gasteiger partial charge in [0.2, 0.25) is 0 Å². The molecule has 0 aliphatic carbocycles. The van der Waals surface area contributed by atoms with Crippen LogP contribution < -0.4 is 10.6 Å². The smallest absolute Gasteiger partial charge is 0.326 e. The van der Waals surface area contributed by atoms with Crippen molar-refractivity contribution in [2.24, 2.45) is 0 Å². The van der Waals surface area contributed by atoms with Crippen LogP contribution >= 0.6 is 0 Å². The molecular weight excluding hydrogens is 236 g/mol. The molecule has 18 heavy (non-hydrogen) atoms. The van der Waals surface area contributed by atoms with E-state index in [2.05, 4.69) is 10.6 Å². The van der Waals surface area contributed by atoms with Crippen molar-refractivity contribution >= 4 is 12.0 Å². The minimum Gasteiger partial charge on any atom is -0.480 e. The summed E-state index contributed by atoms with van der Waals surface area (Å²) in [4.78, 5) is 22.5. The lowest BCUT2D eigenvalue weighted by molar-refractivity contribution is -0.139. The molecule has 1 saturated heterocycles. The number of hydrogen-bond acceptors (Lipinski definition) is 3. The maximum absolute atomic E-state index is 11.5. The van der Waals surface area contributed by atoms with Crippen LogP contribution in [0.1, 0.15) is 39.0 Å². The van der Waals surface area contributed by atoms with E-state index < -0.39 is 18.0 Å². The molecule has 0 aromatic rings. The fourth-order valence-corrected chi connectivity index (χ4v) is 1.89. The van der Waals surface area contributed by atoms with Crippen molar-refractivity contribution < 1.29 is 19.4 Å². The number of aliphatic carboxylic acids is 1. The second-order valence-electron chi connectivity index (χ2n) is 4.52. The van der Waals surface area contributed by atoms with Crippen LogP contribution in [0.15, 0.2) is 0 Å². The van der Waals surface area contributed by atoms with Crippen LogP contribution in [0.3, 0.4) is 0 Å². The molecule has 1 unspecified atom stereocenters. The minimum atomic E-state index is -0.990. The number of unbranched alkanes of at least 4 members (excludes halogenated alkanes) is 1. The second kappa shape index (κ2) is 7.92. The van der Waals surface area contributed by atoms with Crippen LogP contribution in [0, 0.1) is 0 Å².